The van der Waals surface area contributed by atoms with Gasteiger partial charge in [0.25, 0.3) is 0 Å². The first-order valence-electron chi connectivity index (χ1n) is 4.89. The van der Waals surface area contributed by atoms with Crippen molar-refractivity contribution < 1.29 is 0 Å². The molecule has 2 aliphatic carbocycles. The van der Waals surface area contributed by atoms with E-state index in [1.807, 2.05) is 0 Å². The number of fused-ring (bicyclic) bond motifs is 1. The molecule has 0 aromatic carbocycles. The fraction of sp³-hybridized carbons (Fsp3) is 0.364. The van der Waals surface area contributed by atoms with Gasteiger partial charge in [0.2, 0.25) is 0 Å². The van der Waals surface area contributed by atoms with Crippen LogP contribution in [0.15, 0.2) is 30.8 Å². The molecule has 1 aromatic rings. The van der Waals surface area contributed by atoms with Gasteiger partial charge in [-0.05, 0) is 23.3 Å². The maximum Gasteiger partial charge on any atom is 0.138 e. The molecule has 2 aliphatic rings. The first-order chi connectivity index (χ1) is 6.86. The second-order valence-corrected chi connectivity index (χ2v) is 3.98. The van der Waals surface area contributed by atoms with Crippen LogP contribution in [0.2, 0.25) is 0 Å². The van der Waals surface area contributed by atoms with Crippen LogP contribution in [-0.2, 0) is 0 Å². The fourth-order valence-electron chi connectivity index (χ4n) is 2.13. The van der Waals surface area contributed by atoms with Gasteiger partial charge in [0.1, 0.15) is 6.33 Å². The molecule has 0 saturated heterocycles. The minimum Gasteiger partial charge on any atom is -0.233 e. The van der Waals surface area contributed by atoms with Crippen molar-refractivity contribution in [3.63, 3.8) is 0 Å². The van der Waals surface area contributed by atoms with Gasteiger partial charge in [0.15, 0.2) is 0 Å². The number of aromatic nitrogens is 3. The molecule has 0 spiro atoms. The van der Waals surface area contributed by atoms with Crippen molar-refractivity contribution in [1.82, 2.24) is 15.2 Å². The Balaban J connectivity index is 1.95. The molecule has 3 rings (SSSR count). The van der Waals surface area contributed by atoms with Gasteiger partial charge in [0.05, 0.1) is 11.9 Å². The number of hydrogen-bond donors (Lipinski definition) is 0. The van der Waals surface area contributed by atoms with Crippen molar-refractivity contribution in [3.05, 3.63) is 36.4 Å². The lowest BCUT2D eigenvalue weighted by molar-refractivity contribution is 0.885. The molecular formula is C11H11N3. The molecule has 0 radical (unpaired) electrons. The smallest absolute Gasteiger partial charge is 0.138 e. The van der Waals surface area contributed by atoms with E-state index >= 15 is 0 Å². The molecule has 3 atom stereocenters. The third-order valence-electron chi connectivity index (χ3n) is 3.18. The normalized spacial score (nSPS) is 33.5. The lowest BCUT2D eigenvalue weighted by Gasteiger charge is -2.03. The zero-order chi connectivity index (χ0) is 9.54. The number of allylic oxidation sites excluding steroid dienone is 4. The average molecular weight is 185 g/mol. The molecule has 3 unspecified atom stereocenters. The van der Waals surface area contributed by atoms with Gasteiger partial charge in [-0.25, -0.2) is 4.98 Å². The predicted octanol–water partition coefficient (Wildman–Crippen LogP) is 1.71. The molecule has 0 aliphatic heterocycles. The lowest BCUT2D eigenvalue weighted by atomic mass is 10.1. The molecule has 0 amide bonds. The van der Waals surface area contributed by atoms with Gasteiger partial charge < -0.3 is 0 Å². The maximum atomic E-state index is 4.19. The topological polar surface area (TPSA) is 38.7 Å². The summed E-state index contributed by atoms with van der Waals surface area (Å²) >= 11 is 0. The van der Waals surface area contributed by atoms with Crippen molar-refractivity contribution in [2.45, 2.75) is 6.92 Å². The Morgan fingerprint density at radius 1 is 1.21 bits per heavy atom. The highest BCUT2D eigenvalue weighted by atomic mass is 15.1. The molecule has 1 fully saturated rings. The van der Waals surface area contributed by atoms with E-state index in [-0.39, 0.29) is 0 Å². The van der Waals surface area contributed by atoms with Crippen LogP contribution < -0.4 is 0 Å². The van der Waals surface area contributed by atoms with Crippen molar-refractivity contribution >= 4 is 5.57 Å². The van der Waals surface area contributed by atoms with Crippen molar-refractivity contribution in [2.24, 2.45) is 17.8 Å². The van der Waals surface area contributed by atoms with Crippen LogP contribution in [0.25, 0.3) is 5.57 Å². The van der Waals surface area contributed by atoms with Crippen LogP contribution in [0, 0.1) is 17.8 Å². The minimum absolute atomic E-state index is 0.727. The van der Waals surface area contributed by atoms with E-state index in [0.717, 1.165) is 23.4 Å². The van der Waals surface area contributed by atoms with E-state index in [2.05, 4.69) is 40.3 Å². The van der Waals surface area contributed by atoms with E-state index in [0.29, 0.717) is 0 Å². The van der Waals surface area contributed by atoms with Gasteiger partial charge in [-0.15, -0.1) is 5.10 Å². The van der Waals surface area contributed by atoms with Crippen molar-refractivity contribution in [1.29, 1.82) is 0 Å². The number of hydrogen-bond acceptors (Lipinski definition) is 3. The quantitative estimate of drug-likeness (QED) is 0.668. The zero-order valence-electron chi connectivity index (χ0n) is 7.96. The molecule has 1 saturated carbocycles. The first-order valence-corrected chi connectivity index (χ1v) is 4.89. The Bertz CT molecular complexity index is 408. The van der Waals surface area contributed by atoms with Crippen LogP contribution in [0.3, 0.4) is 0 Å². The largest absolute Gasteiger partial charge is 0.233 e. The molecule has 3 nitrogen and oxygen atoms in total. The second-order valence-electron chi connectivity index (χ2n) is 3.98. The van der Waals surface area contributed by atoms with Gasteiger partial charge in [0, 0.05) is 0 Å². The van der Waals surface area contributed by atoms with Crippen molar-refractivity contribution in [3.8, 4) is 0 Å². The van der Waals surface area contributed by atoms with Gasteiger partial charge >= 0.3 is 0 Å². The van der Waals surface area contributed by atoms with Crippen molar-refractivity contribution in [2.75, 3.05) is 0 Å². The first kappa shape index (κ1) is 7.85. The van der Waals surface area contributed by atoms with Gasteiger partial charge in [-0.2, -0.15) is 5.10 Å². The summed E-state index contributed by atoms with van der Waals surface area (Å²) in [5.41, 5.74) is 2.11. The highest BCUT2D eigenvalue weighted by Crippen LogP contribution is 2.51. The third-order valence-corrected chi connectivity index (χ3v) is 3.18. The highest BCUT2D eigenvalue weighted by molar-refractivity contribution is 5.73. The molecule has 0 bridgehead atoms. The maximum absolute atomic E-state index is 4.19. The molecule has 14 heavy (non-hydrogen) atoms. The molecule has 1 aromatic heterocycles. The molecule has 70 valence electrons. The second kappa shape index (κ2) is 2.74. The lowest BCUT2D eigenvalue weighted by Crippen LogP contribution is -1.93. The standard InChI is InChI=1S/C11H11N3/c1-7-9-3-2-8(4-10(7)9)11-5-13-14-6-12-11/h2-7,9-10H,1H3. The molecule has 0 N–H and O–H groups in total. The van der Waals surface area contributed by atoms with Crippen LogP contribution in [0.4, 0.5) is 0 Å². The minimum atomic E-state index is 0.727. The number of nitrogens with zero attached hydrogens (tertiary/aromatic N) is 3. The summed E-state index contributed by atoms with van der Waals surface area (Å²) in [6.07, 6.45) is 9.94. The highest BCUT2D eigenvalue weighted by Gasteiger charge is 2.44. The molecular weight excluding hydrogens is 174 g/mol. The summed E-state index contributed by atoms with van der Waals surface area (Å²) in [5, 5.41) is 7.50. The molecule has 1 heterocycles. The fourth-order valence-corrected chi connectivity index (χ4v) is 2.13. The average Bonchev–Trinajstić information content (AvgIpc) is 2.91. The Labute approximate surface area is 82.6 Å². The monoisotopic (exact) mass is 185 g/mol. The van der Waals surface area contributed by atoms with Crippen LogP contribution in [0.1, 0.15) is 12.6 Å². The third kappa shape index (κ3) is 1.09. The van der Waals surface area contributed by atoms with E-state index in [4.69, 9.17) is 0 Å². The summed E-state index contributed by atoms with van der Waals surface area (Å²) in [4.78, 5) is 4.19. The van der Waals surface area contributed by atoms with Crippen LogP contribution >= 0.6 is 0 Å². The SMILES string of the molecule is CC1C2C=CC(c3cnncn3)=CC12. The van der Waals surface area contributed by atoms with E-state index in [9.17, 15) is 0 Å². The van der Waals surface area contributed by atoms with Gasteiger partial charge in [-0.1, -0.05) is 25.2 Å². The van der Waals surface area contributed by atoms with E-state index in [1.165, 1.54) is 11.9 Å². The Hall–Kier alpha value is -1.51. The Morgan fingerprint density at radius 2 is 2.14 bits per heavy atom. The summed E-state index contributed by atoms with van der Waals surface area (Å²) in [6.45, 7) is 2.29. The molecule has 3 heteroatoms. The Kier molecular flexibility index (Phi) is 1.54. The number of rotatable bonds is 1. The van der Waals surface area contributed by atoms with E-state index in [1.54, 1.807) is 6.20 Å². The zero-order valence-corrected chi connectivity index (χ0v) is 7.96. The summed E-state index contributed by atoms with van der Waals surface area (Å²) < 4.78 is 0. The summed E-state index contributed by atoms with van der Waals surface area (Å²) in [5.74, 6) is 2.30. The van der Waals surface area contributed by atoms with Crippen LogP contribution in [-0.4, -0.2) is 15.2 Å². The van der Waals surface area contributed by atoms with Gasteiger partial charge in [-0.3, -0.25) is 0 Å². The predicted molar refractivity (Wildman–Crippen MR) is 53.1 cm³/mol. The van der Waals surface area contributed by atoms with Crippen LogP contribution in [0.5, 0.6) is 0 Å². The van der Waals surface area contributed by atoms with E-state index < -0.39 is 0 Å². The summed E-state index contributed by atoms with van der Waals surface area (Å²) in [6, 6.07) is 0. The Morgan fingerprint density at radius 3 is 2.86 bits per heavy atom. The summed E-state index contributed by atoms with van der Waals surface area (Å²) in [7, 11) is 0.